The Balaban J connectivity index is 1.89. The summed E-state index contributed by atoms with van der Waals surface area (Å²) in [6.45, 7) is 3.53. The Labute approximate surface area is 106 Å². The molecule has 1 aromatic rings. The standard InChI is InChI=1S/C14H17NO3/c1-9-3-5-11(6-4-9)14(17)18-10(2)13(16)15-12-7-8-12/h3-6,10,12H,7-8H2,1-2H3,(H,15,16). The van der Waals surface area contributed by atoms with Crippen LogP contribution in [-0.2, 0) is 9.53 Å². The highest BCUT2D eigenvalue weighted by Crippen LogP contribution is 2.19. The van der Waals surface area contributed by atoms with Crippen molar-refractivity contribution >= 4 is 11.9 Å². The zero-order chi connectivity index (χ0) is 13.1. The number of nitrogens with one attached hydrogen (secondary N) is 1. The minimum absolute atomic E-state index is 0.224. The fourth-order valence-corrected chi connectivity index (χ4v) is 1.52. The fourth-order valence-electron chi connectivity index (χ4n) is 1.52. The van der Waals surface area contributed by atoms with Gasteiger partial charge < -0.3 is 10.1 Å². The zero-order valence-electron chi connectivity index (χ0n) is 10.6. The number of ether oxygens (including phenoxy) is 1. The van der Waals surface area contributed by atoms with Gasteiger partial charge in [0.2, 0.25) is 0 Å². The molecule has 1 fully saturated rings. The van der Waals surface area contributed by atoms with Gasteiger partial charge in [-0.05, 0) is 38.8 Å². The van der Waals surface area contributed by atoms with Crippen LogP contribution in [0.5, 0.6) is 0 Å². The molecule has 1 atom stereocenters. The van der Waals surface area contributed by atoms with Gasteiger partial charge in [-0.3, -0.25) is 4.79 Å². The number of amides is 1. The van der Waals surface area contributed by atoms with Crippen LogP contribution in [0.4, 0.5) is 0 Å². The number of esters is 1. The van der Waals surface area contributed by atoms with E-state index in [0.29, 0.717) is 5.56 Å². The highest BCUT2D eigenvalue weighted by Gasteiger charge is 2.27. The molecule has 0 bridgehead atoms. The van der Waals surface area contributed by atoms with Gasteiger partial charge in [0, 0.05) is 6.04 Å². The highest BCUT2D eigenvalue weighted by molar-refractivity contribution is 5.92. The quantitative estimate of drug-likeness (QED) is 0.826. The lowest BCUT2D eigenvalue weighted by Gasteiger charge is -2.13. The molecule has 1 saturated carbocycles. The van der Waals surface area contributed by atoms with Gasteiger partial charge >= 0.3 is 5.97 Å². The highest BCUT2D eigenvalue weighted by atomic mass is 16.5. The molecule has 1 N–H and O–H groups in total. The van der Waals surface area contributed by atoms with E-state index in [0.717, 1.165) is 18.4 Å². The number of aryl methyl sites for hydroxylation is 1. The molecule has 18 heavy (non-hydrogen) atoms. The Hall–Kier alpha value is -1.84. The first kappa shape index (κ1) is 12.6. The van der Waals surface area contributed by atoms with Gasteiger partial charge in [0.1, 0.15) is 0 Å². The van der Waals surface area contributed by atoms with E-state index in [2.05, 4.69) is 5.32 Å². The van der Waals surface area contributed by atoms with Crippen molar-refractivity contribution in [3.05, 3.63) is 35.4 Å². The predicted octanol–water partition coefficient (Wildman–Crippen LogP) is 1.82. The lowest BCUT2D eigenvalue weighted by Crippen LogP contribution is -2.37. The number of hydrogen-bond acceptors (Lipinski definition) is 3. The first-order valence-corrected chi connectivity index (χ1v) is 6.14. The van der Waals surface area contributed by atoms with E-state index in [1.807, 2.05) is 19.1 Å². The molecule has 0 radical (unpaired) electrons. The van der Waals surface area contributed by atoms with E-state index in [1.165, 1.54) is 0 Å². The molecule has 2 rings (SSSR count). The summed E-state index contributed by atoms with van der Waals surface area (Å²) in [7, 11) is 0. The number of carbonyl (C=O) groups excluding carboxylic acids is 2. The first-order chi connectivity index (χ1) is 8.56. The topological polar surface area (TPSA) is 55.4 Å². The molecule has 0 spiro atoms. The van der Waals surface area contributed by atoms with E-state index < -0.39 is 12.1 Å². The summed E-state index contributed by atoms with van der Waals surface area (Å²) in [5.41, 5.74) is 1.54. The average Bonchev–Trinajstić information content (AvgIpc) is 3.13. The summed E-state index contributed by atoms with van der Waals surface area (Å²) in [6, 6.07) is 7.35. The second-order valence-electron chi connectivity index (χ2n) is 4.70. The molecule has 1 aliphatic carbocycles. The lowest BCUT2D eigenvalue weighted by molar-refractivity contribution is -0.129. The van der Waals surface area contributed by atoms with Gasteiger partial charge in [0.25, 0.3) is 5.91 Å². The van der Waals surface area contributed by atoms with Crippen molar-refractivity contribution in [1.29, 1.82) is 0 Å². The molecule has 0 aliphatic heterocycles. The van der Waals surface area contributed by atoms with Crippen molar-refractivity contribution in [2.45, 2.75) is 38.8 Å². The Bertz CT molecular complexity index is 449. The number of rotatable bonds is 4. The molecule has 0 aromatic heterocycles. The number of hydrogen-bond donors (Lipinski definition) is 1. The van der Waals surface area contributed by atoms with Crippen LogP contribution in [-0.4, -0.2) is 24.0 Å². The Morgan fingerprint density at radius 2 is 1.89 bits per heavy atom. The molecular weight excluding hydrogens is 230 g/mol. The minimum Gasteiger partial charge on any atom is -0.449 e. The molecule has 1 aromatic carbocycles. The van der Waals surface area contributed by atoms with Crippen molar-refractivity contribution in [2.24, 2.45) is 0 Å². The summed E-state index contributed by atoms with van der Waals surface area (Å²) in [5, 5.41) is 2.80. The SMILES string of the molecule is Cc1ccc(C(=O)OC(C)C(=O)NC2CC2)cc1. The fraction of sp³-hybridized carbons (Fsp3) is 0.429. The first-order valence-electron chi connectivity index (χ1n) is 6.14. The maximum absolute atomic E-state index is 11.8. The molecule has 1 aliphatic rings. The van der Waals surface area contributed by atoms with Crippen molar-refractivity contribution < 1.29 is 14.3 Å². The Morgan fingerprint density at radius 1 is 1.28 bits per heavy atom. The third-order valence-corrected chi connectivity index (χ3v) is 2.86. The van der Waals surface area contributed by atoms with Crippen LogP contribution in [0.25, 0.3) is 0 Å². The smallest absolute Gasteiger partial charge is 0.338 e. The van der Waals surface area contributed by atoms with Gasteiger partial charge in [-0.15, -0.1) is 0 Å². The third-order valence-electron chi connectivity index (χ3n) is 2.86. The van der Waals surface area contributed by atoms with Gasteiger partial charge in [-0.25, -0.2) is 4.79 Å². The third kappa shape index (κ3) is 3.32. The molecule has 1 amide bonds. The Kier molecular flexibility index (Phi) is 3.65. The monoisotopic (exact) mass is 247 g/mol. The largest absolute Gasteiger partial charge is 0.449 e. The second-order valence-corrected chi connectivity index (χ2v) is 4.70. The molecule has 0 heterocycles. The lowest BCUT2D eigenvalue weighted by atomic mass is 10.1. The van der Waals surface area contributed by atoms with Crippen LogP contribution in [0.2, 0.25) is 0 Å². The molecule has 0 saturated heterocycles. The van der Waals surface area contributed by atoms with Crippen molar-refractivity contribution in [3.63, 3.8) is 0 Å². The van der Waals surface area contributed by atoms with Gasteiger partial charge in [-0.1, -0.05) is 17.7 Å². The summed E-state index contributed by atoms with van der Waals surface area (Å²) >= 11 is 0. The van der Waals surface area contributed by atoms with Crippen LogP contribution in [0.15, 0.2) is 24.3 Å². The van der Waals surface area contributed by atoms with Crippen molar-refractivity contribution in [2.75, 3.05) is 0 Å². The minimum atomic E-state index is -0.751. The zero-order valence-corrected chi connectivity index (χ0v) is 10.6. The summed E-state index contributed by atoms with van der Waals surface area (Å²) in [5.74, 6) is -0.689. The van der Waals surface area contributed by atoms with E-state index in [-0.39, 0.29) is 11.9 Å². The van der Waals surface area contributed by atoms with Gasteiger partial charge in [0.15, 0.2) is 6.10 Å². The van der Waals surface area contributed by atoms with E-state index in [1.54, 1.807) is 19.1 Å². The predicted molar refractivity (Wildman–Crippen MR) is 67.2 cm³/mol. The van der Waals surface area contributed by atoms with Gasteiger partial charge in [0.05, 0.1) is 5.56 Å². The molecular formula is C14H17NO3. The van der Waals surface area contributed by atoms with Gasteiger partial charge in [-0.2, -0.15) is 0 Å². The van der Waals surface area contributed by atoms with Crippen molar-refractivity contribution in [1.82, 2.24) is 5.32 Å². The average molecular weight is 247 g/mol. The van der Waals surface area contributed by atoms with Crippen LogP contribution >= 0.6 is 0 Å². The molecule has 4 heteroatoms. The molecule has 4 nitrogen and oxygen atoms in total. The number of benzene rings is 1. The maximum Gasteiger partial charge on any atom is 0.338 e. The normalized spacial score (nSPS) is 15.9. The van der Waals surface area contributed by atoms with E-state index in [9.17, 15) is 9.59 Å². The van der Waals surface area contributed by atoms with Crippen LogP contribution in [0, 0.1) is 6.92 Å². The van der Waals surface area contributed by atoms with Crippen LogP contribution in [0.3, 0.4) is 0 Å². The molecule has 1 unspecified atom stereocenters. The number of carbonyl (C=O) groups is 2. The summed E-state index contributed by atoms with van der Waals surface area (Å²) in [6.07, 6.45) is 1.29. The summed E-state index contributed by atoms with van der Waals surface area (Å²) in [4.78, 5) is 23.4. The summed E-state index contributed by atoms with van der Waals surface area (Å²) < 4.78 is 5.12. The Morgan fingerprint density at radius 3 is 2.44 bits per heavy atom. The van der Waals surface area contributed by atoms with E-state index in [4.69, 9.17) is 4.74 Å². The van der Waals surface area contributed by atoms with Crippen LogP contribution < -0.4 is 5.32 Å². The van der Waals surface area contributed by atoms with E-state index >= 15 is 0 Å². The van der Waals surface area contributed by atoms with Crippen LogP contribution in [0.1, 0.15) is 35.7 Å². The second kappa shape index (κ2) is 5.21. The molecule has 96 valence electrons. The maximum atomic E-state index is 11.8. The van der Waals surface area contributed by atoms with Crippen molar-refractivity contribution in [3.8, 4) is 0 Å².